The highest BCUT2D eigenvalue weighted by atomic mass is 35.5. The molecule has 0 spiro atoms. The number of hydrogen-bond acceptors (Lipinski definition) is 7. The number of piperidine rings is 1. The van der Waals surface area contributed by atoms with Crippen molar-refractivity contribution in [2.45, 2.75) is 25.3 Å². The lowest BCUT2D eigenvalue weighted by Gasteiger charge is -2.32. The van der Waals surface area contributed by atoms with E-state index in [9.17, 15) is 14.7 Å². The number of amides is 1. The van der Waals surface area contributed by atoms with E-state index in [4.69, 9.17) is 16.3 Å². The van der Waals surface area contributed by atoms with Crippen LogP contribution in [0.25, 0.3) is 22.0 Å². The van der Waals surface area contributed by atoms with Crippen molar-refractivity contribution in [3.05, 3.63) is 47.1 Å². The molecule has 3 unspecified atom stereocenters. The summed E-state index contributed by atoms with van der Waals surface area (Å²) in [5.41, 5.74) is 4.03. The lowest BCUT2D eigenvalue weighted by molar-refractivity contribution is -0.120. The number of hydrogen-bond donors (Lipinski definition) is 3. The zero-order chi connectivity index (χ0) is 26.6. The number of likely N-dealkylation sites (N-methyl/N-ethyl adjacent to an activating group) is 1. The molecule has 1 aliphatic heterocycles. The molecule has 38 heavy (non-hydrogen) atoms. The number of ketones is 1. The largest absolute Gasteiger partial charge is 0.503 e. The third kappa shape index (κ3) is 4.46. The van der Waals surface area contributed by atoms with E-state index in [1.165, 1.54) is 7.11 Å². The van der Waals surface area contributed by atoms with Crippen LogP contribution in [0.2, 0.25) is 5.02 Å². The Hall–Kier alpha value is -3.36. The van der Waals surface area contributed by atoms with E-state index < -0.39 is 0 Å². The van der Waals surface area contributed by atoms with Gasteiger partial charge in [0.1, 0.15) is 0 Å². The molecule has 198 valence electrons. The van der Waals surface area contributed by atoms with Gasteiger partial charge in [-0.3, -0.25) is 14.6 Å². The number of fused-ring (bicyclic) bond motifs is 2. The van der Waals surface area contributed by atoms with E-state index in [0.29, 0.717) is 29.7 Å². The second-order valence-corrected chi connectivity index (χ2v) is 11.0. The first-order chi connectivity index (χ1) is 18.4. The number of nitrogens with zero attached hydrogens (tertiary/aromatic N) is 2. The number of rotatable bonds is 9. The van der Waals surface area contributed by atoms with Gasteiger partial charge in [0.2, 0.25) is 5.91 Å². The number of nitrogens with one attached hydrogen (secondary N) is 2. The number of phenolic OH excluding ortho intramolecular Hbond substituents is 1. The van der Waals surface area contributed by atoms with Gasteiger partial charge in [-0.1, -0.05) is 17.7 Å². The van der Waals surface area contributed by atoms with Crippen LogP contribution >= 0.6 is 11.6 Å². The number of aromatic nitrogens is 1. The summed E-state index contributed by atoms with van der Waals surface area (Å²) in [5.74, 6) is 1.43. The predicted molar refractivity (Wildman–Crippen MR) is 147 cm³/mol. The number of aromatic hydroxyl groups is 1. The van der Waals surface area contributed by atoms with Gasteiger partial charge in [0, 0.05) is 36.6 Å². The molecule has 3 N–H and O–H groups in total. The van der Waals surface area contributed by atoms with Gasteiger partial charge in [0.05, 0.1) is 35.4 Å². The number of benzene rings is 2. The smallest absolute Gasteiger partial charge is 0.234 e. The molecule has 0 radical (unpaired) electrons. The summed E-state index contributed by atoms with van der Waals surface area (Å²) >= 11 is 6.30. The van der Waals surface area contributed by atoms with Crippen LogP contribution in [0.3, 0.4) is 0 Å². The fourth-order valence-electron chi connectivity index (χ4n) is 5.84. The van der Waals surface area contributed by atoms with Crippen molar-refractivity contribution in [1.82, 2.24) is 15.6 Å². The Balaban J connectivity index is 1.46. The van der Waals surface area contributed by atoms with Gasteiger partial charge in [-0.25, -0.2) is 0 Å². The van der Waals surface area contributed by atoms with Crippen LogP contribution in [0.4, 0.5) is 5.69 Å². The molecule has 2 aliphatic carbocycles. The summed E-state index contributed by atoms with van der Waals surface area (Å²) in [6.45, 7) is 1.66. The summed E-state index contributed by atoms with van der Waals surface area (Å²) < 4.78 is 5.32. The molecule has 6 rings (SSSR count). The van der Waals surface area contributed by atoms with Crippen molar-refractivity contribution in [2.24, 2.45) is 17.8 Å². The van der Waals surface area contributed by atoms with Gasteiger partial charge in [-0.2, -0.15) is 0 Å². The molecule has 3 aliphatic rings. The second-order valence-electron chi connectivity index (χ2n) is 10.6. The number of methoxy groups -OCH3 is 1. The molecular formula is C29H31ClN4O4. The lowest BCUT2D eigenvalue weighted by atomic mass is 9.97. The van der Waals surface area contributed by atoms with E-state index in [2.05, 4.69) is 20.5 Å². The molecular weight excluding hydrogens is 504 g/mol. The summed E-state index contributed by atoms with van der Waals surface area (Å²) in [6, 6.07) is 9.53. The average molecular weight is 535 g/mol. The summed E-state index contributed by atoms with van der Waals surface area (Å²) in [7, 11) is 3.24. The summed E-state index contributed by atoms with van der Waals surface area (Å²) in [5, 5.41) is 17.3. The molecule has 2 heterocycles. The molecule has 1 aromatic heterocycles. The van der Waals surface area contributed by atoms with Gasteiger partial charge in [0.25, 0.3) is 0 Å². The first kappa shape index (κ1) is 24.9. The fourth-order valence-corrected chi connectivity index (χ4v) is 6.05. The number of carbonyl (C=O) groups is 2. The molecule has 2 aromatic carbocycles. The maximum Gasteiger partial charge on any atom is 0.234 e. The van der Waals surface area contributed by atoms with E-state index >= 15 is 0 Å². The first-order valence-corrected chi connectivity index (χ1v) is 13.5. The number of Topliss-reactive ketones (excluding diaryl/α,β-unsaturated/α-hetero) is 1. The van der Waals surface area contributed by atoms with E-state index in [0.717, 1.165) is 53.5 Å². The van der Waals surface area contributed by atoms with Gasteiger partial charge in [-0.15, -0.1) is 0 Å². The highest BCUT2D eigenvalue weighted by Crippen LogP contribution is 2.53. The van der Waals surface area contributed by atoms with Crippen molar-refractivity contribution in [3.8, 4) is 22.6 Å². The van der Waals surface area contributed by atoms with E-state index in [1.807, 2.05) is 18.2 Å². The molecule has 0 bridgehead atoms. The Morgan fingerprint density at radius 1 is 1.21 bits per heavy atom. The number of anilines is 1. The monoisotopic (exact) mass is 534 g/mol. The van der Waals surface area contributed by atoms with Crippen LogP contribution in [-0.4, -0.2) is 61.6 Å². The van der Waals surface area contributed by atoms with Crippen LogP contribution in [0.5, 0.6) is 11.5 Å². The Morgan fingerprint density at radius 2 is 2.03 bits per heavy atom. The molecule has 3 atom stereocenters. The van der Waals surface area contributed by atoms with E-state index in [-0.39, 0.29) is 41.0 Å². The zero-order valence-electron chi connectivity index (χ0n) is 21.5. The summed E-state index contributed by atoms with van der Waals surface area (Å²) in [6.07, 6.45) is 4.71. The maximum atomic E-state index is 13.5. The quantitative estimate of drug-likeness (QED) is 0.356. The fraction of sp³-hybridized carbons (Fsp3) is 0.414. The van der Waals surface area contributed by atoms with Crippen LogP contribution in [-0.2, 0) is 4.79 Å². The highest BCUT2D eigenvalue weighted by molar-refractivity contribution is 6.32. The van der Waals surface area contributed by atoms with Crippen LogP contribution in [0, 0.1) is 17.8 Å². The molecule has 8 nitrogen and oxygen atoms in total. The Morgan fingerprint density at radius 3 is 2.76 bits per heavy atom. The minimum atomic E-state index is -0.0992. The van der Waals surface area contributed by atoms with E-state index in [1.54, 1.807) is 25.4 Å². The summed E-state index contributed by atoms with van der Waals surface area (Å²) in [4.78, 5) is 32.8. The first-order valence-electron chi connectivity index (χ1n) is 13.1. The number of phenols is 1. The van der Waals surface area contributed by atoms with Gasteiger partial charge >= 0.3 is 0 Å². The molecule has 1 amide bonds. The van der Waals surface area contributed by atoms with Crippen LogP contribution < -0.4 is 20.3 Å². The normalized spacial score (nSPS) is 21.9. The number of ether oxygens (including phenoxy) is 1. The lowest BCUT2D eigenvalue weighted by Crippen LogP contribution is -2.45. The van der Waals surface area contributed by atoms with Gasteiger partial charge in [-0.05, 0) is 73.5 Å². The Kier molecular flexibility index (Phi) is 6.40. The standard InChI is InChI=1S/C29H31ClN4O4/c1-31-13-26(35)33-12-24-19-8-18(19)14-34(24)27-20-7-16(17-9-22(30)29(37)25(10-17)38-2)5-6-23(20)32-11-21(27)28(36)15-3-4-15/h5-7,9-11,15,18-19,24,31,37H,3-4,8,12-14H2,1-2H3,(H,33,35). The van der Waals surface area contributed by atoms with Crippen molar-refractivity contribution < 1.29 is 19.4 Å². The minimum absolute atomic E-state index is 0.0362. The van der Waals surface area contributed by atoms with Crippen molar-refractivity contribution in [2.75, 3.05) is 38.7 Å². The number of halogens is 1. The third-order valence-corrected chi connectivity index (χ3v) is 8.36. The van der Waals surface area contributed by atoms with Crippen LogP contribution in [0.1, 0.15) is 29.6 Å². The number of carbonyl (C=O) groups excluding carboxylic acids is 2. The van der Waals surface area contributed by atoms with Crippen molar-refractivity contribution in [1.29, 1.82) is 0 Å². The zero-order valence-corrected chi connectivity index (χ0v) is 22.2. The van der Waals surface area contributed by atoms with Gasteiger partial charge < -0.3 is 25.4 Å². The topological polar surface area (TPSA) is 104 Å². The number of pyridine rings is 1. The highest BCUT2D eigenvalue weighted by Gasteiger charge is 2.53. The SMILES string of the molecule is CNCC(=O)NCC1C2CC2CN1c1c(C(=O)C2CC2)cnc2ccc(-c3cc(Cl)c(O)c(OC)c3)cc12. The third-order valence-electron chi connectivity index (χ3n) is 8.07. The minimum Gasteiger partial charge on any atom is -0.503 e. The van der Waals surface area contributed by atoms with Crippen molar-refractivity contribution in [3.63, 3.8) is 0 Å². The Labute approximate surface area is 226 Å². The van der Waals surface area contributed by atoms with Crippen molar-refractivity contribution >= 4 is 39.9 Å². The van der Waals surface area contributed by atoms with Crippen LogP contribution in [0.15, 0.2) is 36.5 Å². The molecule has 9 heteroatoms. The molecule has 2 saturated carbocycles. The predicted octanol–water partition coefficient (Wildman–Crippen LogP) is 4.02. The maximum absolute atomic E-state index is 13.5. The average Bonchev–Trinajstić information content (AvgIpc) is 3.85. The molecule has 3 aromatic rings. The Bertz CT molecular complexity index is 1440. The molecule has 1 saturated heterocycles. The van der Waals surface area contributed by atoms with Gasteiger partial charge in [0.15, 0.2) is 17.3 Å². The molecule has 3 fully saturated rings. The second kappa shape index (κ2) is 9.75.